The van der Waals surface area contributed by atoms with E-state index in [2.05, 4.69) is 0 Å². The normalized spacial score (nSPS) is 10.9. The summed E-state index contributed by atoms with van der Waals surface area (Å²) in [5.41, 5.74) is 0.876. The second-order valence-electron chi connectivity index (χ2n) is 3.41. The minimum atomic E-state index is -3.98. The molecule has 0 aliphatic heterocycles. The van der Waals surface area contributed by atoms with Crippen molar-refractivity contribution in [1.29, 1.82) is 0 Å². The second kappa shape index (κ2) is 4.96. The molecule has 1 rings (SSSR count). The third kappa shape index (κ3) is 3.87. The van der Waals surface area contributed by atoms with Crippen LogP contribution in [-0.4, -0.2) is 25.4 Å². The van der Waals surface area contributed by atoms with Crippen molar-refractivity contribution in [3.63, 3.8) is 0 Å². The van der Waals surface area contributed by atoms with Crippen LogP contribution in [0.5, 0.6) is 0 Å². The van der Waals surface area contributed by atoms with Crippen molar-refractivity contribution in [3.05, 3.63) is 29.8 Å². The molecule has 0 spiro atoms. The highest BCUT2D eigenvalue weighted by Crippen LogP contribution is 2.09. The van der Waals surface area contributed by atoms with Crippen LogP contribution in [0.3, 0.4) is 0 Å². The third-order valence-corrected chi connectivity index (χ3v) is 3.28. The van der Waals surface area contributed by atoms with Crippen LogP contribution in [0.2, 0.25) is 0 Å². The maximum atomic E-state index is 11.6. The zero-order chi connectivity index (χ0) is 13.1. The Hall–Kier alpha value is -1.89. The smallest absolute Gasteiger partial charge is 0.312 e. The molecule has 0 saturated heterocycles. The van der Waals surface area contributed by atoms with Gasteiger partial charge in [0.05, 0.1) is 4.90 Å². The lowest BCUT2D eigenvalue weighted by molar-refractivity contribution is -0.140. The van der Waals surface area contributed by atoms with Crippen molar-refractivity contribution in [3.8, 4) is 0 Å². The number of aryl methyl sites for hydroxylation is 1. The highest BCUT2D eigenvalue weighted by atomic mass is 32.2. The molecule has 0 heterocycles. The van der Waals surface area contributed by atoms with E-state index in [1.807, 2.05) is 0 Å². The van der Waals surface area contributed by atoms with Crippen LogP contribution in [0.4, 0.5) is 0 Å². The molecule has 7 heteroatoms. The summed E-state index contributed by atoms with van der Waals surface area (Å²) >= 11 is 0. The van der Waals surface area contributed by atoms with Gasteiger partial charge in [-0.3, -0.25) is 9.59 Å². The van der Waals surface area contributed by atoms with Gasteiger partial charge in [0.1, 0.15) is 6.42 Å². The van der Waals surface area contributed by atoms with Gasteiger partial charge in [-0.05, 0) is 19.1 Å². The van der Waals surface area contributed by atoms with Gasteiger partial charge in [-0.25, -0.2) is 13.1 Å². The number of amides is 1. The largest absolute Gasteiger partial charge is 0.481 e. The van der Waals surface area contributed by atoms with Gasteiger partial charge in [0, 0.05) is 0 Å². The van der Waals surface area contributed by atoms with Gasteiger partial charge in [0.25, 0.3) is 10.0 Å². The first kappa shape index (κ1) is 13.2. The van der Waals surface area contributed by atoms with Crippen molar-refractivity contribution >= 4 is 21.9 Å². The van der Waals surface area contributed by atoms with E-state index in [9.17, 15) is 18.0 Å². The van der Waals surface area contributed by atoms with Crippen molar-refractivity contribution < 1.29 is 23.1 Å². The topological polar surface area (TPSA) is 101 Å². The van der Waals surface area contributed by atoms with Crippen molar-refractivity contribution in [2.45, 2.75) is 18.2 Å². The van der Waals surface area contributed by atoms with E-state index >= 15 is 0 Å². The zero-order valence-electron chi connectivity index (χ0n) is 9.00. The summed E-state index contributed by atoms with van der Waals surface area (Å²) in [6.45, 7) is 1.79. The first-order valence-electron chi connectivity index (χ1n) is 4.65. The average molecular weight is 257 g/mol. The molecular weight excluding hydrogens is 246 g/mol. The SMILES string of the molecule is Cc1ccc(S(=O)(=O)NC(=O)CC(=O)O)cc1. The Morgan fingerprint density at radius 3 is 2.24 bits per heavy atom. The van der Waals surface area contributed by atoms with E-state index in [4.69, 9.17) is 5.11 Å². The minimum Gasteiger partial charge on any atom is -0.481 e. The van der Waals surface area contributed by atoms with E-state index in [1.54, 1.807) is 23.8 Å². The summed E-state index contributed by atoms with van der Waals surface area (Å²) in [5, 5.41) is 8.33. The van der Waals surface area contributed by atoms with Crippen LogP contribution in [0.25, 0.3) is 0 Å². The Labute approximate surface area is 98.3 Å². The molecule has 0 aromatic heterocycles. The second-order valence-corrected chi connectivity index (χ2v) is 5.09. The Kier molecular flexibility index (Phi) is 3.84. The van der Waals surface area contributed by atoms with E-state index in [0.717, 1.165) is 5.56 Å². The molecule has 17 heavy (non-hydrogen) atoms. The molecule has 0 aliphatic carbocycles. The van der Waals surface area contributed by atoms with E-state index in [-0.39, 0.29) is 4.90 Å². The predicted molar refractivity (Wildman–Crippen MR) is 58.8 cm³/mol. The number of carbonyl (C=O) groups excluding carboxylic acids is 1. The molecule has 1 amide bonds. The van der Waals surface area contributed by atoms with Crippen molar-refractivity contribution in [2.24, 2.45) is 0 Å². The van der Waals surface area contributed by atoms with Gasteiger partial charge in [0.15, 0.2) is 0 Å². The first-order valence-corrected chi connectivity index (χ1v) is 6.14. The van der Waals surface area contributed by atoms with E-state index < -0.39 is 28.3 Å². The molecule has 92 valence electrons. The zero-order valence-corrected chi connectivity index (χ0v) is 9.82. The van der Waals surface area contributed by atoms with Gasteiger partial charge < -0.3 is 5.11 Å². The number of sulfonamides is 1. The Morgan fingerprint density at radius 2 is 1.76 bits per heavy atom. The van der Waals surface area contributed by atoms with Gasteiger partial charge >= 0.3 is 5.97 Å². The summed E-state index contributed by atoms with van der Waals surface area (Å²) in [6.07, 6.45) is -0.884. The number of hydrogen-bond acceptors (Lipinski definition) is 4. The standard InChI is InChI=1S/C10H11NO5S/c1-7-2-4-8(5-3-7)17(15,16)11-9(12)6-10(13)14/h2-5H,6H2,1H3,(H,11,12)(H,13,14). The van der Waals surface area contributed by atoms with Gasteiger partial charge in [-0.15, -0.1) is 0 Å². The molecule has 0 atom stereocenters. The lowest BCUT2D eigenvalue weighted by Gasteiger charge is -2.05. The van der Waals surface area contributed by atoms with Crippen LogP contribution < -0.4 is 4.72 Å². The van der Waals surface area contributed by atoms with Crippen LogP contribution in [0.15, 0.2) is 29.2 Å². The molecule has 0 bridgehead atoms. The fraction of sp³-hybridized carbons (Fsp3) is 0.200. The lowest BCUT2D eigenvalue weighted by Crippen LogP contribution is -2.31. The first-order chi connectivity index (χ1) is 7.81. The molecule has 2 N–H and O–H groups in total. The molecule has 6 nitrogen and oxygen atoms in total. The van der Waals surface area contributed by atoms with E-state index in [1.165, 1.54) is 12.1 Å². The number of carboxylic acids is 1. The molecular formula is C10H11NO5S. The maximum absolute atomic E-state index is 11.6. The number of carbonyl (C=O) groups is 2. The molecule has 1 aromatic rings. The maximum Gasteiger partial charge on any atom is 0.312 e. The number of rotatable bonds is 4. The van der Waals surface area contributed by atoms with Gasteiger partial charge in [-0.2, -0.15) is 0 Å². The molecule has 0 aliphatic rings. The average Bonchev–Trinajstić information content (AvgIpc) is 2.15. The predicted octanol–water partition coefficient (Wildman–Crippen LogP) is 0.275. The van der Waals surface area contributed by atoms with Crippen molar-refractivity contribution in [2.75, 3.05) is 0 Å². The highest BCUT2D eigenvalue weighted by molar-refractivity contribution is 7.90. The van der Waals surface area contributed by atoms with Gasteiger partial charge in [0.2, 0.25) is 5.91 Å². The summed E-state index contributed by atoms with van der Waals surface area (Å²) in [4.78, 5) is 21.2. The Balaban J connectivity index is 2.86. The molecule has 1 aromatic carbocycles. The summed E-state index contributed by atoms with van der Waals surface area (Å²) < 4.78 is 24.9. The van der Waals surface area contributed by atoms with Crippen LogP contribution >= 0.6 is 0 Å². The number of aliphatic carboxylic acids is 1. The van der Waals surface area contributed by atoms with Gasteiger partial charge in [-0.1, -0.05) is 17.7 Å². The van der Waals surface area contributed by atoms with Crippen LogP contribution in [0.1, 0.15) is 12.0 Å². The quantitative estimate of drug-likeness (QED) is 0.754. The fourth-order valence-electron chi connectivity index (χ4n) is 1.10. The number of nitrogens with one attached hydrogen (secondary N) is 1. The van der Waals surface area contributed by atoms with Crippen LogP contribution in [0, 0.1) is 6.92 Å². The van der Waals surface area contributed by atoms with E-state index in [0.29, 0.717) is 0 Å². The Bertz CT molecular complexity index is 532. The third-order valence-electron chi connectivity index (χ3n) is 1.89. The minimum absolute atomic E-state index is 0.0816. The highest BCUT2D eigenvalue weighted by Gasteiger charge is 2.18. The number of hydrogen-bond donors (Lipinski definition) is 2. The summed E-state index contributed by atoms with van der Waals surface area (Å²) in [6, 6.07) is 5.84. The molecule has 0 fully saturated rings. The fourth-order valence-corrected chi connectivity index (χ4v) is 2.08. The summed E-state index contributed by atoms with van der Waals surface area (Å²) in [5.74, 6) is -2.46. The van der Waals surface area contributed by atoms with Crippen molar-refractivity contribution in [1.82, 2.24) is 4.72 Å². The molecule has 0 saturated carbocycles. The molecule has 0 radical (unpaired) electrons. The monoisotopic (exact) mass is 257 g/mol. The summed E-state index contributed by atoms with van der Waals surface area (Å²) in [7, 11) is -3.98. The number of benzene rings is 1. The molecule has 0 unspecified atom stereocenters. The lowest BCUT2D eigenvalue weighted by atomic mass is 10.2. The number of carboxylic acid groups (broad SMARTS) is 1. The van der Waals surface area contributed by atoms with Crippen LogP contribution in [-0.2, 0) is 19.6 Å². The Morgan fingerprint density at radius 1 is 1.24 bits per heavy atom.